The second kappa shape index (κ2) is 12.6. The largest absolute Gasteiger partial charge is 0.414 e. The summed E-state index contributed by atoms with van der Waals surface area (Å²) in [6.45, 7) is 34.6. The van der Waals surface area contributed by atoms with Gasteiger partial charge in [-0.3, -0.25) is 4.57 Å². The molecule has 2 aromatic rings. The van der Waals surface area contributed by atoms with Crippen LogP contribution in [-0.4, -0.2) is 94.7 Å². The molecule has 1 aliphatic heterocycles. The van der Waals surface area contributed by atoms with E-state index in [-0.39, 0.29) is 33.4 Å². The SMILES string of the molecule is CN(C)C=Nc1ncnc2c1ncn2[C@@H]1O[C@H](CO[Si](C)(C)C(C)(C)C)[C@@H](O[Si](C)(C)C(C)(C)C)[C@H]1O[Si](C)(C)C(C)(C)C. The molecule has 0 aromatic carbocycles. The van der Waals surface area contributed by atoms with Gasteiger partial charge < -0.3 is 22.9 Å². The van der Waals surface area contributed by atoms with Crippen molar-refractivity contribution in [3.63, 3.8) is 0 Å². The van der Waals surface area contributed by atoms with Gasteiger partial charge in [0.2, 0.25) is 0 Å². The van der Waals surface area contributed by atoms with E-state index in [0.717, 1.165) is 0 Å². The van der Waals surface area contributed by atoms with E-state index in [1.807, 2.05) is 23.6 Å². The number of hydrogen-bond donors (Lipinski definition) is 0. The molecular formula is C31H60N6O4Si3. The maximum atomic E-state index is 7.30. The Morgan fingerprint density at radius 2 is 1.34 bits per heavy atom. The molecular weight excluding hydrogens is 605 g/mol. The van der Waals surface area contributed by atoms with Crippen molar-refractivity contribution in [2.75, 3.05) is 20.7 Å². The van der Waals surface area contributed by atoms with Crippen molar-refractivity contribution in [3.05, 3.63) is 12.7 Å². The molecule has 3 heterocycles. The minimum atomic E-state index is -2.28. The molecule has 0 aliphatic carbocycles. The molecule has 1 saturated heterocycles. The topological polar surface area (TPSA) is 96.1 Å². The molecule has 0 N–H and O–H groups in total. The summed E-state index contributed by atoms with van der Waals surface area (Å²) in [5, 5.41) is 0.0620. The van der Waals surface area contributed by atoms with Gasteiger partial charge in [0, 0.05) is 14.1 Å². The lowest BCUT2D eigenvalue weighted by Crippen LogP contribution is -2.54. The Kier molecular flexibility index (Phi) is 10.6. The molecule has 0 bridgehead atoms. The van der Waals surface area contributed by atoms with Crippen LogP contribution in [0.3, 0.4) is 0 Å². The third-order valence-electron chi connectivity index (χ3n) is 10.2. The van der Waals surface area contributed by atoms with Crippen LogP contribution in [0.4, 0.5) is 5.82 Å². The molecule has 1 fully saturated rings. The van der Waals surface area contributed by atoms with Crippen molar-refractivity contribution in [1.82, 2.24) is 24.4 Å². The number of ether oxygens (including phenoxy) is 1. The van der Waals surface area contributed by atoms with Crippen LogP contribution in [0.5, 0.6) is 0 Å². The average Bonchev–Trinajstić information content (AvgIpc) is 3.40. The van der Waals surface area contributed by atoms with Crippen LogP contribution in [0.2, 0.25) is 54.4 Å². The highest BCUT2D eigenvalue weighted by atomic mass is 28.4. The Labute approximate surface area is 269 Å². The molecule has 1 aliphatic rings. The van der Waals surface area contributed by atoms with Gasteiger partial charge in [-0.1, -0.05) is 62.3 Å². The van der Waals surface area contributed by atoms with Crippen LogP contribution >= 0.6 is 0 Å². The molecule has 0 unspecified atom stereocenters. The third kappa shape index (κ3) is 7.89. The fourth-order valence-electron chi connectivity index (χ4n) is 4.17. The molecule has 0 saturated carbocycles. The number of hydrogen-bond acceptors (Lipinski definition) is 8. The van der Waals surface area contributed by atoms with Crippen LogP contribution in [0.15, 0.2) is 17.6 Å². The number of imidazole rings is 1. The lowest BCUT2D eigenvalue weighted by molar-refractivity contribution is -0.0470. The molecule has 2 aromatic heterocycles. The fourth-order valence-corrected chi connectivity index (χ4v) is 7.78. The summed E-state index contributed by atoms with van der Waals surface area (Å²) in [5.41, 5.74) is 1.26. The first-order chi connectivity index (χ1) is 19.8. The van der Waals surface area contributed by atoms with Crippen molar-refractivity contribution >= 4 is 48.3 Å². The quantitative estimate of drug-likeness (QED) is 0.145. The average molecular weight is 665 g/mol. The van der Waals surface area contributed by atoms with Crippen molar-refractivity contribution in [2.45, 2.75) is 141 Å². The monoisotopic (exact) mass is 664 g/mol. The first-order valence-electron chi connectivity index (χ1n) is 15.8. The molecule has 4 atom stereocenters. The molecule has 0 spiro atoms. The molecule has 3 rings (SSSR count). The second-order valence-electron chi connectivity index (χ2n) is 17.1. The van der Waals surface area contributed by atoms with E-state index in [2.05, 4.69) is 117 Å². The maximum Gasteiger partial charge on any atom is 0.192 e. The minimum absolute atomic E-state index is 0.00567. The highest BCUT2D eigenvalue weighted by Crippen LogP contribution is 2.47. The second-order valence-corrected chi connectivity index (χ2v) is 31.4. The van der Waals surface area contributed by atoms with Crippen LogP contribution < -0.4 is 0 Å². The van der Waals surface area contributed by atoms with Crippen LogP contribution in [0, 0.1) is 0 Å². The standard InChI is InChI=1S/C31H60N6O4Si3/c1-29(2,3)42(12,13)38-18-22-24(40-43(14,15)30(4,5)6)25(41-44(16,17)31(7,8)9)28(39-22)37-21-34-23-26(35-20-36(10)11)32-19-33-27(23)37/h19-22,24-25,28H,18H2,1-17H3/t22-,24-,25-,28-/m1/s1. The number of nitrogens with zero attached hydrogens (tertiary/aromatic N) is 6. The Morgan fingerprint density at radius 3 is 1.84 bits per heavy atom. The summed E-state index contributed by atoms with van der Waals surface area (Å²) in [7, 11) is -2.76. The van der Waals surface area contributed by atoms with Crippen LogP contribution in [0.1, 0.15) is 68.5 Å². The zero-order valence-electron chi connectivity index (χ0n) is 30.6. The van der Waals surface area contributed by atoms with Crippen molar-refractivity contribution in [1.29, 1.82) is 0 Å². The van der Waals surface area contributed by atoms with Gasteiger partial charge in [-0.25, -0.2) is 19.9 Å². The number of aliphatic imine (C=N–C) groups is 1. The summed E-state index contributed by atoms with van der Waals surface area (Å²) in [4.78, 5) is 20.2. The van der Waals surface area contributed by atoms with E-state index in [4.69, 9.17) is 23.0 Å². The molecule has 250 valence electrons. The molecule has 0 amide bonds. The van der Waals surface area contributed by atoms with Gasteiger partial charge in [0.05, 0.1) is 19.3 Å². The first-order valence-corrected chi connectivity index (χ1v) is 24.5. The van der Waals surface area contributed by atoms with E-state index in [0.29, 0.717) is 23.6 Å². The Morgan fingerprint density at radius 1 is 0.818 bits per heavy atom. The van der Waals surface area contributed by atoms with Crippen molar-refractivity contribution in [3.8, 4) is 0 Å². The summed E-state index contributed by atoms with van der Waals surface area (Å²) in [5.74, 6) is 0.509. The lowest BCUT2D eigenvalue weighted by atomic mass is 10.1. The Balaban J connectivity index is 2.18. The highest BCUT2D eigenvalue weighted by molar-refractivity contribution is 6.75. The zero-order valence-corrected chi connectivity index (χ0v) is 33.6. The van der Waals surface area contributed by atoms with Gasteiger partial charge in [0.25, 0.3) is 0 Å². The number of aromatic nitrogens is 4. The van der Waals surface area contributed by atoms with E-state index >= 15 is 0 Å². The third-order valence-corrected chi connectivity index (χ3v) is 23.6. The predicted octanol–water partition coefficient (Wildman–Crippen LogP) is 7.75. The van der Waals surface area contributed by atoms with E-state index in [1.165, 1.54) is 6.33 Å². The smallest absolute Gasteiger partial charge is 0.192 e. The Bertz CT molecular complexity index is 1310. The summed E-state index contributed by atoms with van der Waals surface area (Å²) in [6.07, 6.45) is 3.46. The molecule has 10 nitrogen and oxygen atoms in total. The van der Waals surface area contributed by atoms with E-state index in [9.17, 15) is 0 Å². The van der Waals surface area contributed by atoms with Crippen LogP contribution in [-0.2, 0) is 18.0 Å². The van der Waals surface area contributed by atoms with Gasteiger partial charge in [0.15, 0.2) is 48.2 Å². The van der Waals surface area contributed by atoms with Crippen LogP contribution in [0.25, 0.3) is 11.2 Å². The van der Waals surface area contributed by atoms with Gasteiger partial charge in [0.1, 0.15) is 24.6 Å². The number of rotatable bonds is 10. The van der Waals surface area contributed by atoms with Gasteiger partial charge in [-0.15, -0.1) is 0 Å². The maximum absolute atomic E-state index is 7.30. The summed E-state index contributed by atoms with van der Waals surface area (Å²) in [6, 6.07) is 0. The fraction of sp³-hybridized carbons (Fsp3) is 0.806. The molecule has 44 heavy (non-hydrogen) atoms. The highest BCUT2D eigenvalue weighted by Gasteiger charge is 2.55. The normalized spacial score (nSPS) is 22.8. The summed E-state index contributed by atoms with van der Waals surface area (Å²) >= 11 is 0. The Hall–Kier alpha value is -1.49. The predicted molar refractivity (Wildman–Crippen MR) is 188 cm³/mol. The minimum Gasteiger partial charge on any atom is -0.414 e. The summed E-state index contributed by atoms with van der Waals surface area (Å²) < 4.78 is 30.4. The van der Waals surface area contributed by atoms with E-state index in [1.54, 1.807) is 12.7 Å². The van der Waals surface area contributed by atoms with Gasteiger partial charge in [-0.2, -0.15) is 0 Å². The zero-order chi connectivity index (χ0) is 33.7. The lowest BCUT2D eigenvalue weighted by Gasteiger charge is -2.44. The van der Waals surface area contributed by atoms with Gasteiger partial charge in [-0.05, 0) is 54.4 Å². The molecule has 0 radical (unpaired) electrons. The van der Waals surface area contributed by atoms with E-state index < -0.39 is 31.2 Å². The van der Waals surface area contributed by atoms with Crippen molar-refractivity contribution < 1.29 is 18.0 Å². The van der Waals surface area contributed by atoms with Crippen molar-refractivity contribution in [2.24, 2.45) is 4.99 Å². The number of fused-ring (bicyclic) bond motifs is 1. The molecule has 13 heteroatoms. The first kappa shape index (κ1) is 37.0. The van der Waals surface area contributed by atoms with Gasteiger partial charge >= 0.3 is 0 Å².